The maximum Gasteiger partial charge on any atom is 0.413 e. The van der Waals surface area contributed by atoms with Crippen LogP contribution in [-0.2, 0) is 5.54 Å². The molecular weight excluding hydrogens is 589 g/mol. The van der Waals surface area contributed by atoms with Gasteiger partial charge in [0.15, 0.2) is 11.3 Å². The minimum absolute atomic E-state index is 0.0625. The number of benzene rings is 2. The second-order valence-electron chi connectivity index (χ2n) is 12.3. The maximum absolute atomic E-state index is 14.0. The van der Waals surface area contributed by atoms with Gasteiger partial charge in [-0.25, -0.2) is 9.67 Å². The van der Waals surface area contributed by atoms with Crippen molar-refractivity contribution in [1.82, 2.24) is 25.0 Å². The number of alkyl halides is 3. The number of rotatable bonds is 8. The molecule has 1 unspecified atom stereocenters. The van der Waals surface area contributed by atoms with E-state index in [4.69, 9.17) is 0 Å². The quantitative estimate of drug-likeness (QED) is 0.175. The van der Waals surface area contributed by atoms with Crippen LogP contribution in [0.3, 0.4) is 0 Å². The molecule has 5 aromatic rings. The number of carbonyl (C=O) groups excluding carboxylic acids is 1. The van der Waals surface area contributed by atoms with E-state index >= 15 is 0 Å². The van der Waals surface area contributed by atoms with Crippen LogP contribution < -0.4 is 10.6 Å². The van der Waals surface area contributed by atoms with Crippen molar-refractivity contribution < 1.29 is 18.0 Å². The molecule has 0 radical (unpaired) electrons. The maximum atomic E-state index is 14.0. The number of nitriles is 1. The van der Waals surface area contributed by atoms with Crippen molar-refractivity contribution >= 4 is 49.6 Å². The zero-order valence-electron chi connectivity index (χ0n) is 24.5. The van der Waals surface area contributed by atoms with Crippen LogP contribution in [0, 0.1) is 16.7 Å². The van der Waals surface area contributed by atoms with Gasteiger partial charge in [-0.3, -0.25) is 9.78 Å². The fourth-order valence-electron chi connectivity index (χ4n) is 5.28. The number of fused-ring (bicyclic) bond motifs is 2. The molecule has 1 saturated carbocycles. The number of pyridine rings is 1. The highest BCUT2D eigenvalue weighted by atomic mass is 32.1. The van der Waals surface area contributed by atoms with Crippen LogP contribution in [0.4, 0.5) is 24.5 Å². The normalized spacial score (nSPS) is 15.2. The Morgan fingerprint density at radius 1 is 1.20 bits per heavy atom. The molecule has 3 aromatic heterocycles. The van der Waals surface area contributed by atoms with E-state index in [1.807, 2.05) is 18.2 Å². The topological polar surface area (TPSA) is 121 Å². The van der Waals surface area contributed by atoms with Crippen LogP contribution >= 0.6 is 11.3 Å². The minimum atomic E-state index is -4.46. The van der Waals surface area contributed by atoms with Gasteiger partial charge in [-0.1, -0.05) is 38.1 Å². The van der Waals surface area contributed by atoms with Crippen LogP contribution in [0.5, 0.6) is 0 Å². The lowest BCUT2D eigenvalue weighted by Gasteiger charge is -2.23. The summed E-state index contributed by atoms with van der Waals surface area (Å²) in [6, 6.07) is 10.5. The number of nitrogens with one attached hydrogen (secondary N) is 2. The minimum Gasteiger partial charge on any atom is -0.383 e. The number of thiazole rings is 1. The summed E-state index contributed by atoms with van der Waals surface area (Å²) in [6.07, 6.45) is -1.79. The first-order chi connectivity index (χ1) is 20.8. The average Bonchev–Trinajstić information content (AvgIpc) is 3.41. The van der Waals surface area contributed by atoms with Gasteiger partial charge in [-0.05, 0) is 48.9 Å². The monoisotopic (exact) mass is 618 g/mol. The first-order valence-corrected chi connectivity index (χ1v) is 14.9. The second-order valence-corrected chi connectivity index (χ2v) is 13.1. The van der Waals surface area contributed by atoms with Crippen LogP contribution in [0.1, 0.15) is 73.8 Å². The van der Waals surface area contributed by atoms with Gasteiger partial charge in [0.25, 0.3) is 0 Å². The van der Waals surface area contributed by atoms with Gasteiger partial charge in [0.1, 0.15) is 11.8 Å². The van der Waals surface area contributed by atoms with Crippen LogP contribution in [-0.4, -0.2) is 43.5 Å². The molecule has 6 rings (SSSR count). The van der Waals surface area contributed by atoms with E-state index in [9.17, 15) is 23.2 Å². The molecule has 1 aliphatic rings. The summed E-state index contributed by atoms with van der Waals surface area (Å²) in [4.78, 5) is 21.7. The van der Waals surface area contributed by atoms with E-state index in [1.165, 1.54) is 30.7 Å². The number of nitrogens with zero attached hydrogens (tertiary/aromatic N) is 6. The molecule has 3 heterocycles. The Morgan fingerprint density at radius 2 is 1.98 bits per heavy atom. The fraction of sp³-hybridized carbons (Fsp3) is 0.355. The van der Waals surface area contributed by atoms with Gasteiger partial charge >= 0.3 is 6.18 Å². The highest BCUT2D eigenvalue weighted by Crippen LogP contribution is 2.55. The summed E-state index contributed by atoms with van der Waals surface area (Å²) in [5.74, 6) is -0.231. The number of hydrogen-bond acceptors (Lipinski definition) is 9. The fourth-order valence-corrected chi connectivity index (χ4v) is 6.11. The average molecular weight is 619 g/mol. The molecule has 226 valence electrons. The smallest absolute Gasteiger partial charge is 0.383 e. The number of anilines is 2. The summed E-state index contributed by atoms with van der Waals surface area (Å²) in [7, 11) is 0. The summed E-state index contributed by atoms with van der Waals surface area (Å²) in [5, 5.41) is 25.4. The second kappa shape index (κ2) is 10.6. The molecule has 1 aliphatic carbocycles. The third-order valence-corrected chi connectivity index (χ3v) is 8.66. The number of aromatic nitrogens is 5. The van der Waals surface area contributed by atoms with Crippen molar-refractivity contribution in [2.45, 2.75) is 58.3 Å². The molecule has 1 fully saturated rings. The predicted octanol–water partition coefficient (Wildman–Crippen LogP) is 7.22. The van der Waals surface area contributed by atoms with Gasteiger partial charge in [0.2, 0.25) is 0 Å². The first-order valence-electron chi connectivity index (χ1n) is 14.0. The molecule has 13 heteroatoms. The molecule has 2 N–H and O–H groups in total. The van der Waals surface area contributed by atoms with Gasteiger partial charge < -0.3 is 10.6 Å². The molecule has 0 saturated heterocycles. The Bertz CT molecular complexity index is 1950. The van der Waals surface area contributed by atoms with E-state index in [0.29, 0.717) is 39.9 Å². The lowest BCUT2D eigenvalue weighted by atomic mass is 9.96. The van der Waals surface area contributed by atoms with Gasteiger partial charge in [-0.2, -0.15) is 18.4 Å². The predicted molar refractivity (Wildman–Crippen MR) is 163 cm³/mol. The van der Waals surface area contributed by atoms with E-state index in [-0.39, 0.29) is 29.7 Å². The van der Waals surface area contributed by atoms with E-state index in [0.717, 1.165) is 20.5 Å². The van der Waals surface area contributed by atoms with Crippen molar-refractivity contribution in [2.75, 3.05) is 17.2 Å². The molecule has 0 amide bonds. The zero-order chi connectivity index (χ0) is 31.4. The Labute approximate surface area is 255 Å². The summed E-state index contributed by atoms with van der Waals surface area (Å²) in [6.45, 7) is 8.17. The molecule has 44 heavy (non-hydrogen) atoms. The van der Waals surface area contributed by atoms with Crippen LogP contribution in [0.25, 0.3) is 21.1 Å². The number of carbonyl (C=O) groups is 1. The van der Waals surface area contributed by atoms with Gasteiger partial charge in [0, 0.05) is 29.4 Å². The first kappa shape index (κ1) is 29.5. The Hall–Kier alpha value is -4.57. The van der Waals surface area contributed by atoms with Crippen molar-refractivity contribution in [2.24, 2.45) is 5.41 Å². The van der Waals surface area contributed by atoms with Crippen LogP contribution in [0.2, 0.25) is 0 Å². The van der Waals surface area contributed by atoms with E-state index in [2.05, 4.69) is 57.8 Å². The standard InChI is InChI=1S/C31H29F3N8OS/c1-17(43)21-10-19(11-22-25(37-15-29(2,3)4)18(12-35)13-36-26(21)22)39-27(20-6-5-7-23-28(20)44-16-38-23)24-14-42(41-40-24)30(8-9-30)31(32,33)34/h5-7,10-11,13-14,16,27,39H,8-9,15H2,1-4H3,(H,36,37). The number of halogens is 3. The molecule has 0 spiro atoms. The summed E-state index contributed by atoms with van der Waals surface area (Å²) < 4.78 is 43.6. The molecule has 9 nitrogen and oxygen atoms in total. The summed E-state index contributed by atoms with van der Waals surface area (Å²) in [5.41, 5.74) is 3.43. The highest BCUT2D eigenvalue weighted by molar-refractivity contribution is 7.17. The number of Topliss-reactive ketones (excluding diaryl/α,β-unsaturated/α-hetero) is 1. The largest absolute Gasteiger partial charge is 0.413 e. The SMILES string of the molecule is CC(=O)c1cc(NC(c2cn(C3(C(F)(F)F)CC3)nn2)c2cccc3ncsc23)cc2c(NCC(C)(C)C)c(C#N)cnc12. The number of ketones is 1. The molecule has 1 atom stereocenters. The third-order valence-electron chi connectivity index (χ3n) is 7.77. The molecule has 0 aliphatic heterocycles. The Balaban J connectivity index is 1.51. The molecule has 0 bridgehead atoms. The Kier molecular flexibility index (Phi) is 7.07. The van der Waals surface area contributed by atoms with Gasteiger partial charge in [-0.15, -0.1) is 16.4 Å². The van der Waals surface area contributed by atoms with Crippen molar-refractivity contribution in [3.8, 4) is 6.07 Å². The van der Waals surface area contributed by atoms with E-state index < -0.39 is 17.8 Å². The molecule has 2 aromatic carbocycles. The zero-order valence-corrected chi connectivity index (χ0v) is 25.3. The third kappa shape index (κ3) is 5.23. The van der Waals surface area contributed by atoms with Crippen molar-refractivity contribution in [3.63, 3.8) is 0 Å². The molecular formula is C31H29F3N8OS. The Morgan fingerprint density at radius 3 is 2.64 bits per heavy atom. The van der Waals surface area contributed by atoms with E-state index in [1.54, 1.807) is 17.6 Å². The lowest BCUT2D eigenvalue weighted by Crippen LogP contribution is -2.35. The van der Waals surface area contributed by atoms with Crippen molar-refractivity contribution in [1.29, 1.82) is 5.26 Å². The summed E-state index contributed by atoms with van der Waals surface area (Å²) >= 11 is 1.41. The van der Waals surface area contributed by atoms with Gasteiger partial charge in [0.05, 0.1) is 44.7 Å². The number of hydrogen-bond donors (Lipinski definition) is 2. The lowest BCUT2D eigenvalue weighted by molar-refractivity contribution is -0.182. The van der Waals surface area contributed by atoms with Crippen LogP contribution in [0.15, 0.2) is 48.2 Å². The van der Waals surface area contributed by atoms with Crippen molar-refractivity contribution in [3.05, 3.63) is 70.6 Å². The highest BCUT2D eigenvalue weighted by Gasteiger charge is 2.66.